The number of rotatable bonds is 6. The third kappa shape index (κ3) is 5.47. The molecule has 1 aliphatic rings. The molecular weight excluding hydrogens is 288 g/mol. The summed E-state index contributed by atoms with van der Waals surface area (Å²) in [6.07, 6.45) is 3.73. The van der Waals surface area contributed by atoms with E-state index in [2.05, 4.69) is 10.6 Å². The fraction of sp³-hybridized carbons (Fsp3) is 0.600. The van der Waals surface area contributed by atoms with Crippen LogP contribution >= 0.6 is 11.3 Å². The highest BCUT2D eigenvalue weighted by atomic mass is 32.1. The van der Waals surface area contributed by atoms with Crippen molar-refractivity contribution >= 4 is 23.2 Å². The molecule has 1 fully saturated rings. The molecule has 0 aromatic carbocycles. The largest absolute Gasteiger partial charge is 0.393 e. The monoisotopic (exact) mass is 310 g/mol. The van der Waals surface area contributed by atoms with E-state index in [1.54, 1.807) is 6.07 Å². The molecule has 1 aliphatic carbocycles. The Morgan fingerprint density at radius 2 is 2.00 bits per heavy atom. The quantitative estimate of drug-likeness (QED) is 0.746. The first kappa shape index (κ1) is 16.0. The molecule has 116 valence electrons. The Morgan fingerprint density at radius 3 is 2.67 bits per heavy atom. The number of carbonyl (C=O) groups excluding carboxylic acids is 2. The van der Waals surface area contributed by atoms with E-state index in [1.807, 2.05) is 11.4 Å². The van der Waals surface area contributed by atoms with E-state index in [4.69, 9.17) is 0 Å². The van der Waals surface area contributed by atoms with Crippen molar-refractivity contribution < 1.29 is 14.7 Å². The van der Waals surface area contributed by atoms with Crippen molar-refractivity contribution in [2.24, 2.45) is 5.92 Å². The predicted octanol–water partition coefficient (Wildman–Crippen LogP) is 1.54. The summed E-state index contributed by atoms with van der Waals surface area (Å²) in [6, 6.07) is 3.59. The SMILES string of the molecule is O=C(CCNC(=O)c1cccs1)NCC1CCC(O)CC1. The van der Waals surface area contributed by atoms with Crippen LogP contribution in [-0.2, 0) is 4.79 Å². The molecule has 1 heterocycles. The minimum absolute atomic E-state index is 0.0346. The van der Waals surface area contributed by atoms with Gasteiger partial charge < -0.3 is 15.7 Å². The molecule has 3 N–H and O–H groups in total. The lowest BCUT2D eigenvalue weighted by molar-refractivity contribution is -0.121. The summed E-state index contributed by atoms with van der Waals surface area (Å²) in [5.41, 5.74) is 0. The first-order valence-corrected chi connectivity index (χ1v) is 8.29. The fourth-order valence-electron chi connectivity index (χ4n) is 2.48. The van der Waals surface area contributed by atoms with Crippen LogP contribution in [0.3, 0.4) is 0 Å². The molecule has 5 nitrogen and oxygen atoms in total. The average Bonchev–Trinajstić information content (AvgIpc) is 3.01. The zero-order chi connectivity index (χ0) is 15.1. The molecule has 1 aromatic rings. The minimum Gasteiger partial charge on any atom is -0.393 e. The van der Waals surface area contributed by atoms with E-state index in [1.165, 1.54) is 11.3 Å². The van der Waals surface area contributed by atoms with E-state index in [9.17, 15) is 14.7 Å². The second-order valence-electron chi connectivity index (χ2n) is 5.46. The predicted molar refractivity (Wildman–Crippen MR) is 82.2 cm³/mol. The second-order valence-corrected chi connectivity index (χ2v) is 6.41. The highest BCUT2D eigenvalue weighted by molar-refractivity contribution is 7.12. The molecule has 0 bridgehead atoms. The molecule has 1 saturated carbocycles. The molecule has 2 amide bonds. The van der Waals surface area contributed by atoms with Crippen molar-refractivity contribution in [2.75, 3.05) is 13.1 Å². The second kappa shape index (κ2) is 8.14. The third-order valence-electron chi connectivity index (χ3n) is 3.79. The van der Waals surface area contributed by atoms with Crippen molar-refractivity contribution in [3.8, 4) is 0 Å². The average molecular weight is 310 g/mol. The molecular formula is C15H22N2O3S. The number of carbonyl (C=O) groups is 2. The van der Waals surface area contributed by atoms with Crippen LogP contribution in [0, 0.1) is 5.92 Å². The van der Waals surface area contributed by atoms with Crippen molar-refractivity contribution in [3.05, 3.63) is 22.4 Å². The summed E-state index contributed by atoms with van der Waals surface area (Å²) >= 11 is 1.39. The summed E-state index contributed by atoms with van der Waals surface area (Å²) in [7, 11) is 0. The molecule has 2 rings (SSSR count). The highest BCUT2D eigenvalue weighted by Gasteiger charge is 2.19. The first-order chi connectivity index (χ1) is 10.1. The lowest BCUT2D eigenvalue weighted by Crippen LogP contribution is -2.34. The molecule has 0 radical (unpaired) electrons. The van der Waals surface area contributed by atoms with Crippen molar-refractivity contribution in [1.29, 1.82) is 0 Å². The number of aliphatic hydroxyl groups is 1. The van der Waals surface area contributed by atoms with Gasteiger partial charge >= 0.3 is 0 Å². The van der Waals surface area contributed by atoms with E-state index in [0.717, 1.165) is 25.7 Å². The van der Waals surface area contributed by atoms with Crippen molar-refractivity contribution in [1.82, 2.24) is 10.6 Å². The maximum atomic E-state index is 11.7. The molecule has 1 aromatic heterocycles. The van der Waals surface area contributed by atoms with Gasteiger partial charge in [0.2, 0.25) is 5.91 Å². The van der Waals surface area contributed by atoms with Gasteiger partial charge in [0.25, 0.3) is 5.91 Å². The molecule has 6 heteroatoms. The minimum atomic E-state index is -0.163. The van der Waals surface area contributed by atoms with E-state index in [-0.39, 0.29) is 17.9 Å². The van der Waals surface area contributed by atoms with Gasteiger partial charge in [0.1, 0.15) is 0 Å². The van der Waals surface area contributed by atoms with Crippen LogP contribution < -0.4 is 10.6 Å². The Labute approximate surface area is 128 Å². The van der Waals surface area contributed by atoms with E-state index >= 15 is 0 Å². The number of aliphatic hydroxyl groups excluding tert-OH is 1. The fourth-order valence-corrected chi connectivity index (χ4v) is 3.12. The first-order valence-electron chi connectivity index (χ1n) is 7.41. The van der Waals surface area contributed by atoms with Crippen LogP contribution in [0.4, 0.5) is 0 Å². The highest BCUT2D eigenvalue weighted by Crippen LogP contribution is 2.23. The molecule has 0 atom stereocenters. The molecule has 0 unspecified atom stereocenters. The Kier molecular flexibility index (Phi) is 6.20. The third-order valence-corrected chi connectivity index (χ3v) is 4.66. The normalized spacial score (nSPS) is 21.8. The van der Waals surface area contributed by atoms with Gasteiger partial charge in [0.15, 0.2) is 0 Å². The molecule has 0 spiro atoms. The Hall–Kier alpha value is -1.40. The topological polar surface area (TPSA) is 78.4 Å². The Balaban J connectivity index is 1.56. The van der Waals surface area contributed by atoms with Gasteiger partial charge in [-0.2, -0.15) is 0 Å². The molecule has 0 aliphatic heterocycles. The maximum Gasteiger partial charge on any atom is 0.261 e. The van der Waals surface area contributed by atoms with E-state index < -0.39 is 0 Å². The smallest absolute Gasteiger partial charge is 0.261 e. The Bertz CT molecular complexity index is 453. The molecule has 21 heavy (non-hydrogen) atoms. The summed E-state index contributed by atoms with van der Waals surface area (Å²) in [6.45, 7) is 1.02. The van der Waals surface area contributed by atoms with Gasteiger partial charge in [-0.25, -0.2) is 0 Å². The Morgan fingerprint density at radius 1 is 1.24 bits per heavy atom. The van der Waals surface area contributed by atoms with Crippen LogP contribution in [-0.4, -0.2) is 36.1 Å². The van der Waals surface area contributed by atoms with Gasteiger partial charge in [-0.1, -0.05) is 6.07 Å². The van der Waals surface area contributed by atoms with Crippen LogP contribution in [0.1, 0.15) is 41.8 Å². The lowest BCUT2D eigenvalue weighted by atomic mass is 9.87. The van der Waals surface area contributed by atoms with Gasteiger partial charge in [0, 0.05) is 19.5 Å². The number of thiophene rings is 1. The van der Waals surface area contributed by atoms with Gasteiger partial charge in [0.05, 0.1) is 11.0 Å². The van der Waals surface area contributed by atoms with Crippen molar-refractivity contribution in [2.45, 2.75) is 38.2 Å². The molecule has 0 saturated heterocycles. The zero-order valence-corrected chi connectivity index (χ0v) is 12.8. The summed E-state index contributed by atoms with van der Waals surface area (Å²) < 4.78 is 0. The van der Waals surface area contributed by atoms with Crippen LogP contribution in [0.15, 0.2) is 17.5 Å². The van der Waals surface area contributed by atoms with Crippen LogP contribution in [0.5, 0.6) is 0 Å². The zero-order valence-electron chi connectivity index (χ0n) is 12.0. The summed E-state index contributed by atoms with van der Waals surface area (Å²) in [5, 5.41) is 16.9. The summed E-state index contributed by atoms with van der Waals surface area (Å²) in [4.78, 5) is 24.0. The number of hydrogen-bond donors (Lipinski definition) is 3. The number of nitrogens with one attached hydrogen (secondary N) is 2. The lowest BCUT2D eigenvalue weighted by Gasteiger charge is -2.25. The van der Waals surface area contributed by atoms with Crippen LogP contribution in [0.2, 0.25) is 0 Å². The van der Waals surface area contributed by atoms with Gasteiger partial charge in [-0.15, -0.1) is 11.3 Å². The van der Waals surface area contributed by atoms with Gasteiger partial charge in [-0.3, -0.25) is 9.59 Å². The number of hydrogen-bond acceptors (Lipinski definition) is 4. The number of amides is 2. The standard InChI is InChI=1S/C15H22N2O3S/c18-12-5-3-11(4-6-12)10-17-14(19)7-8-16-15(20)13-2-1-9-21-13/h1-2,9,11-12,18H,3-8,10H2,(H,16,20)(H,17,19). The van der Waals surface area contributed by atoms with Crippen molar-refractivity contribution in [3.63, 3.8) is 0 Å². The van der Waals surface area contributed by atoms with Gasteiger partial charge in [-0.05, 0) is 43.0 Å². The summed E-state index contributed by atoms with van der Waals surface area (Å²) in [5.74, 6) is 0.310. The van der Waals surface area contributed by atoms with Crippen LogP contribution in [0.25, 0.3) is 0 Å². The maximum absolute atomic E-state index is 11.7. The van der Waals surface area contributed by atoms with E-state index in [0.29, 0.717) is 30.3 Å².